The molecule has 32 heavy (non-hydrogen) atoms. The van der Waals surface area contributed by atoms with Gasteiger partial charge in [-0.3, -0.25) is 9.69 Å². The summed E-state index contributed by atoms with van der Waals surface area (Å²) in [5, 5.41) is 0. The van der Waals surface area contributed by atoms with Crippen LogP contribution in [0.3, 0.4) is 0 Å². The number of ether oxygens (including phenoxy) is 3. The number of methoxy groups -OCH3 is 3. The summed E-state index contributed by atoms with van der Waals surface area (Å²) in [6, 6.07) is 21.0. The highest BCUT2D eigenvalue weighted by Gasteiger charge is 2.32. The number of amidine groups is 1. The molecule has 0 aliphatic carbocycles. The molecule has 1 heterocycles. The Morgan fingerprint density at radius 2 is 1.47 bits per heavy atom. The van der Waals surface area contributed by atoms with E-state index in [9.17, 15) is 4.79 Å². The Kier molecular flexibility index (Phi) is 5.94. The second-order valence-corrected chi connectivity index (χ2v) is 7.27. The van der Waals surface area contributed by atoms with Gasteiger partial charge in [0, 0.05) is 5.56 Å². The largest absolute Gasteiger partial charge is 0.493 e. The van der Waals surface area contributed by atoms with Gasteiger partial charge in [-0.2, -0.15) is 0 Å². The molecule has 6 nitrogen and oxygen atoms in total. The molecule has 0 saturated heterocycles. The van der Waals surface area contributed by atoms with Crippen molar-refractivity contribution in [3.63, 3.8) is 0 Å². The monoisotopic (exact) mass is 428 g/mol. The lowest BCUT2D eigenvalue weighted by Crippen LogP contribution is -2.32. The van der Waals surface area contributed by atoms with E-state index in [1.807, 2.05) is 61.5 Å². The zero-order chi connectivity index (χ0) is 22.7. The zero-order valence-electron chi connectivity index (χ0n) is 18.5. The van der Waals surface area contributed by atoms with Crippen LogP contribution in [-0.4, -0.2) is 33.1 Å². The Balaban J connectivity index is 1.83. The third-order valence-corrected chi connectivity index (χ3v) is 5.17. The summed E-state index contributed by atoms with van der Waals surface area (Å²) in [6.45, 7) is 2.01. The first-order valence-electron chi connectivity index (χ1n) is 10.1. The lowest BCUT2D eigenvalue weighted by Gasteiger charge is -2.18. The van der Waals surface area contributed by atoms with Crippen LogP contribution in [0.2, 0.25) is 0 Å². The number of anilines is 1. The molecule has 0 saturated carbocycles. The van der Waals surface area contributed by atoms with Crippen LogP contribution < -0.4 is 19.1 Å². The van der Waals surface area contributed by atoms with E-state index in [0.29, 0.717) is 34.3 Å². The minimum Gasteiger partial charge on any atom is -0.493 e. The molecule has 1 amide bonds. The van der Waals surface area contributed by atoms with E-state index in [1.165, 1.54) is 0 Å². The Bertz CT molecular complexity index is 1170. The van der Waals surface area contributed by atoms with Crippen molar-refractivity contribution in [2.75, 3.05) is 26.2 Å². The number of rotatable bonds is 6. The minimum absolute atomic E-state index is 0.207. The van der Waals surface area contributed by atoms with Crippen LogP contribution in [0, 0.1) is 6.92 Å². The highest BCUT2D eigenvalue weighted by atomic mass is 16.5. The molecule has 3 aromatic carbocycles. The van der Waals surface area contributed by atoms with Crippen molar-refractivity contribution in [3.05, 3.63) is 89.1 Å². The van der Waals surface area contributed by atoms with E-state index in [-0.39, 0.29) is 5.91 Å². The summed E-state index contributed by atoms with van der Waals surface area (Å²) in [6.07, 6.45) is 1.73. The molecule has 4 rings (SSSR count). The van der Waals surface area contributed by atoms with Gasteiger partial charge in [0.25, 0.3) is 5.91 Å². The van der Waals surface area contributed by atoms with E-state index in [4.69, 9.17) is 19.2 Å². The van der Waals surface area contributed by atoms with Gasteiger partial charge < -0.3 is 14.2 Å². The van der Waals surface area contributed by atoms with E-state index in [1.54, 1.807) is 44.4 Å². The number of carbonyl (C=O) groups excluding carboxylic acids is 1. The number of amides is 1. The van der Waals surface area contributed by atoms with Crippen LogP contribution >= 0.6 is 0 Å². The van der Waals surface area contributed by atoms with E-state index < -0.39 is 0 Å². The Hall–Kier alpha value is -4.06. The van der Waals surface area contributed by atoms with Gasteiger partial charge in [-0.1, -0.05) is 48.0 Å². The maximum atomic E-state index is 13.5. The smallest absolute Gasteiger partial charge is 0.282 e. The molecule has 0 spiro atoms. The van der Waals surface area contributed by atoms with Crippen molar-refractivity contribution in [2.24, 2.45) is 4.99 Å². The predicted molar refractivity (Wildman–Crippen MR) is 126 cm³/mol. The van der Waals surface area contributed by atoms with Gasteiger partial charge in [0.15, 0.2) is 11.5 Å². The third kappa shape index (κ3) is 3.95. The molecule has 1 aliphatic heterocycles. The predicted octanol–water partition coefficient (Wildman–Crippen LogP) is 4.86. The van der Waals surface area contributed by atoms with Crippen molar-refractivity contribution in [1.82, 2.24) is 0 Å². The van der Waals surface area contributed by atoms with Crippen LogP contribution in [0.4, 0.5) is 5.69 Å². The molecular formula is C26H24N2O4. The second kappa shape index (κ2) is 8.98. The van der Waals surface area contributed by atoms with Crippen LogP contribution in [0.1, 0.15) is 16.7 Å². The summed E-state index contributed by atoms with van der Waals surface area (Å²) in [4.78, 5) is 19.8. The quantitative estimate of drug-likeness (QED) is 0.527. The molecule has 3 aromatic rings. The number of aliphatic imine (C=N–C) groups is 1. The third-order valence-electron chi connectivity index (χ3n) is 5.17. The molecule has 0 aromatic heterocycles. The zero-order valence-corrected chi connectivity index (χ0v) is 18.5. The fourth-order valence-electron chi connectivity index (χ4n) is 3.57. The Labute approximate surface area is 187 Å². The van der Waals surface area contributed by atoms with Crippen LogP contribution in [0.15, 0.2) is 77.4 Å². The lowest BCUT2D eigenvalue weighted by molar-refractivity contribution is -0.113. The number of aryl methyl sites for hydroxylation is 1. The molecule has 0 unspecified atom stereocenters. The molecule has 0 bridgehead atoms. The van der Waals surface area contributed by atoms with Gasteiger partial charge in [-0.05, 0) is 42.8 Å². The van der Waals surface area contributed by atoms with Crippen LogP contribution in [-0.2, 0) is 4.79 Å². The highest BCUT2D eigenvalue weighted by Crippen LogP contribution is 2.39. The number of nitrogens with zero attached hydrogens (tertiary/aromatic N) is 2. The van der Waals surface area contributed by atoms with Gasteiger partial charge >= 0.3 is 0 Å². The van der Waals surface area contributed by atoms with Gasteiger partial charge in [0.05, 0.1) is 27.0 Å². The number of hydrogen-bond donors (Lipinski definition) is 0. The molecule has 0 atom stereocenters. The lowest BCUT2D eigenvalue weighted by atomic mass is 10.1. The number of carbonyl (C=O) groups is 1. The minimum atomic E-state index is -0.207. The molecule has 0 fully saturated rings. The first-order valence-corrected chi connectivity index (χ1v) is 10.1. The van der Waals surface area contributed by atoms with Crippen molar-refractivity contribution < 1.29 is 19.0 Å². The number of benzene rings is 3. The topological polar surface area (TPSA) is 60.4 Å². The SMILES string of the molecule is COc1cc(C=C2N=C(c3ccccc3)N(c3ccc(C)cc3)C2=O)cc(OC)c1OC. The first kappa shape index (κ1) is 21.2. The van der Waals surface area contributed by atoms with Crippen LogP contribution in [0.25, 0.3) is 6.08 Å². The van der Waals surface area contributed by atoms with Crippen molar-refractivity contribution in [1.29, 1.82) is 0 Å². The maximum Gasteiger partial charge on any atom is 0.282 e. The second-order valence-electron chi connectivity index (χ2n) is 7.27. The first-order chi connectivity index (χ1) is 15.5. The van der Waals surface area contributed by atoms with Gasteiger partial charge in [0.2, 0.25) is 5.75 Å². The molecule has 0 radical (unpaired) electrons. The summed E-state index contributed by atoms with van der Waals surface area (Å²) in [5.41, 5.74) is 3.77. The van der Waals surface area contributed by atoms with E-state index in [0.717, 1.165) is 16.8 Å². The summed E-state index contributed by atoms with van der Waals surface area (Å²) in [7, 11) is 4.66. The van der Waals surface area contributed by atoms with Crippen molar-refractivity contribution in [2.45, 2.75) is 6.92 Å². The fraction of sp³-hybridized carbons (Fsp3) is 0.154. The Morgan fingerprint density at radius 3 is 2.03 bits per heavy atom. The molecule has 1 aliphatic rings. The van der Waals surface area contributed by atoms with Gasteiger partial charge in [0.1, 0.15) is 11.5 Å². The normalized spacial score (nSPS) is 14.5. The molecular weight excluding hydrogens is 404 g/mol. The standard InChI is InChI=1S/C26H24N2O4/c1-17-10-12-20(13-11-17)28-25(19-8-6-5-7-9-19)27-21(26(28)29)14-18-15-22(30-2)24(32-4)23(16-18)31-3/h5-16H,1-4H3. The van der Waals surface area contributed by atoms with Crippen LogP contribution in [0.5, 0.6) is 17.2 Å². The Morgan fingerprint density at radius 1 is 0.844 bits per heavy atom. The van der Waals surface area contributed by atoms with Crippen molar-refractivity contribution >= 4 is 23.5 Å². The van der Waals surface area contributed by atoms with E-state index in [2.05, 4.69) is 0 Å². The van der Waals surface area contributed by atoms with Gasteiger partial charge in [-0.25, -0.2) is 4.99 Å². The highest BCUT2D eigenvalue weighted by molar-refractivity contribution is 6.33. The van der Waals surface area contributed by atoms with E-state index >= 15 is 0 Å². The fourth-order valence-corrected chi connectivity index (χ4v) is 3.57. The molecule has 162 valence electrons. The summed E-state index contributed by atoms with van der Waals surface area (Å²) >= 11 is 0. The molecule has 0 N–H and O–H groups in total. The van der Waals surface area contributed by atoms with Gasteiger partial charge in [-0.15, -0.1) is 0 Å². The average Bonchev–Trinajstić information content (AvgIpc) is 3.15. The average molecular weight is 428 g/mol. The summed E-state index contributed by atoms with van der Waals surface area (Å²) < 4.78 is 16.3. The van der Waals surface area contributed by atoms with Crippen molar-refractivity contribution in [3.8, 4) is 17.2 Å². The number of hydrogen-bond acceptors (Lipinski definition) is 5. The summed E-state index contributed by atoms with van der Waals surface area (Å²) in [5.74, 6) is 1.88. The molecule has 6 heteroatoms. The maximum absolute atomic E-state index is 13.5.